The summed E-state index contributed by atoms with van der Waals surface area (Å²) in [6.07, 6.45) is 6.66. The minimum atomic E-state index is -0.157. The number of rotatable bonds is 5. The van der Waals surface area contributed by atoms with E-state index in [2.05, 4.69) is 21.4 Å². The Hall–Kier alpha value is -3.96. The average molecular weight is 515 g/mol. The van der Waals surface area contributed by atoms with Crippen molar-refractivity contribution < 1.29 is 4.79 Å². The maximum atomic E-state index is 13.6. The first kappa shape index (κ1) is 24.7. The lowest BCUT2D eigenvalue weighted by Crippen LogP contribution is -2.39. The van der Waals surface area contributed by atoms with E-state index in [4.69, 9.17) is 11.6 Å². The number of nitrogens with zero attached hydrogens (tertiary/aromatic N) is 5. The Bertz CT molecular complexity index is 1570. The summed E-state index contributed by atoms with van der Waals surface area (Å²) >= 11 is 6.03. The molecule has 1 N–H and O–H groups in total. The topological polar surface area (TPSA) is 106 Å². The number of nitriles is 1. The molecule has 3 heterocycles. The van der Waals surface area contributed by atoms with Gasteiger partial charge in [0.15, 0.2) is 0 Å². The van der Waals surface area contributed by atoms with Gasteiger partial charge in [0.1, 0.15) is 0 Å². The van der Waals surface area contributed by atoms with Crippen molar-refractivity contribution in [3.8, 4) is 11.8 Å². The molecule has 0 radical (unpaired) electrons. The molecule has 0 saturated heterocycles. The molecule has 1 aliphatic rings. The molecule has 188 valence electrons. The summed E-state index contributed by atoms with van der Waals surface area (Å²) in [6.45, 7) is 4.27. The van der Waals surface area contributed by atoms with Crippen LogP contribution in [0.25, 0.3) is 16.7 Å². The van der Waals surface area contributed by atoms with Crippen molar-refractivity contribution in [3.05, 3.63) is 86.8 Å². The first-order valence-corrected chi connectivity index (χ1v) is 12.7. The van der Waals surface area contributed by atoms with Crippen molar-refractivity contribution in [1.29, 1.82) is 5.26 Å². The van der Waals surface area contributed by atoms with E-state index in [-0.39, 0.29) is 17.6 Å². The molecule has 0 bridgehead atoms. The maximum absolute atomic E-state index is 13.6. The minimum Gasteiger partial charge on any atom is -0.349 e. The van der Waals surface area contributed by atoms with Gasteiger partial charge in [0, 0.05) is 24.5 Å². The van der Waals surface area contributed by atoms with Crippen LogP contribution in [0.5, 0.6) is 0 Å². The highest BCUT2D eigenvalue weighted by Gasteiger charge is 2.26. The molecule has 1 aliphatic carbocycles. The molecule has 5 rings (SSSR count). The first-order valence-electron chi connectivity index (χ1n) is 12.4. The van der Waals surface area contributed by atoms with Gasteiger partial charge in [0.05, 0.1) is 50.8 Å². The third-order valence-electron chi connectivity index (χ3n) is 7.13. The number of aromatic nitrogens is 4. The zero-order chi connectivity index (χ0) is 26.1. The van der Waals surface area contributed by atoms with Crippen LogP contribution in [0.3, 0.4) is 0 Å². The second kappa shape index (κ2) is 10.2. The summed E-state index contributed by atoms with van der Waals surface area (Å²) < 4.78 is 3.44. The molecule has 0 unspecified atom stereocenters. The lowest BCUT2D eigenvalue weighted by atomic mass is 9.85. The highest BCUT2D eigenvalue weighted by molar-refractivity contribution is 6.30. The zero-order valence-corrected chi connectivity index (χ0v) is 21.5. The van der Waals surface area contributed by atoms with Crippen molar-refractivity contribution in [2.24, 2.45) is 5.92 Å². The van der Waals surface area contributed by atoms with Crippen LogP contribution in [0, 0.1) is 31.1 Å². The van der Waals surface area contributed by atoms with E-state index in [1.54, 1.807) is 40.5 Å². The predicted molar refractivity (Wildman–Crippen MR) is 142 cm³/mol. The number of nitrogens with one attached hydrogen (secondary N) is 1. The summed E-state index contributed by atoms with van der Waals surface area (Å²) in [5.74, 6) is 0.140. The average Bonchev–Trinajstić information content (AvgIpc) is 3.17. The number of aryl methyl sites for hydroxylation is 2. The number of imidazole rings is 1. The predicted octanol–water partition coefficient (Wildman–Crippen LogP) is 4.71. The second-order valence-corrected chi connectivity index (χ2v) is 10.1. The zero-order valence-electron chi connectivity index (χ0n) is 20.7. The highest BCUT2D eigenvalue weighted by Crippen LogP contribution is 2.28. The van der Waals surface area contributed by atoms with E-state index < -0.39 is 0 Å². The van der Waals surface area contributed by atoms with Crippen LogP contribution >= 0.6 is 11.6 Å². The van der Waals surface area contributed by atoms with Crippen LogP contribution in [0.4, 0.5) is 0 Å². The first-order chi connectivity index (χ1) is 17.8. The maximum Gasteiger partial charge on any atom is 0.333 e. The number of benzene rings is 1. The number of hydrogen-bond donors (Lipinski definition) is 1. The molecular weight excluding hydrogens is 488 g/mol. The van der Waals surface area contributed by atoms with Gasteiger partial charge in [-0.3, -0.25) is 23.9 Å². The fourth-order valence-electron chi connectivity index (χ4n) is 5.09. The Morgan fingerprint density at radius 2 is 1.86 bits per heavy atom. The van der Waals surface area contributed by atoms with Crippen LogP contribution in [-0.4, -0.2) is 31.1 Å². The third kappa shape index (κ3) is 5.00. The lowest BCUT2D eigenvalue weighted by Gasteiger charge is -2.29. The third-order valence-corrected chi connectivity index (χ3v) is 7.34. The molecule has 37 heavy (non-hydrogen) atoms. The molecule has 0 spiro atoms. The van der Waals surface area contributed by atoms with Gasteiger partial charge in [-0.1, -0.05) is 11.6 Å². The monoisotopic (exact) mass is 514 g/mol. The van der Waals surface area contributed by atoms with E-state index in [9.17, 15) is 14.9 Å². The molecule has 4 aromatic rings. The smallest absolute Gasteiger partial charge is 0.333 e. The fourth-order valence-corrected chi connectivity index (χ4v) is 5.25. The summed E-state index contributed by atoms with van der Waals surface area (Å²) in [4.78, 5) is 34.9. The molecule has 1 amide bonds. The van der Waals surface area contributed by atoms with E-state index in [0.29, 0.717) is 45.5 Å². The van der Waals surface area contributed by atoms with Crippen molar-refractivity contribution in [1.82, 2.24) is 24.4 Å². The molecule has 1 aromatic carbocycles. The quantitative estimate of drug-likeness (QED) is 0.415. The van der Waals surface area contributed by atoms with E-state index in [1.807, 2.05) is 25.1 Å². The molecule has 0 atom stereocenters. The Morgan fingerprint density at radius 3 is 2.57 bits per heavy atom. The Labute approximate surface area is 219 Å². The Balaban J connectivity index is 1.34. The number of carbonyl (C=O) groups excluding carboxylic acids is 1. The van der Waals surface area contributed by atoms with Gasteiger partial charge >= 0.3 is 5.69 Å². The van der Waals surface area contributed by atoms with Crippen LogP contribution in [0.1, 0.15) is 53.0 Å². The molecule has 1 saturated carbocycles. The van der Waals surface area contributed by atoms with Gasteiger partial charge in [-0.15, -0.1) is 0 Å². The molecule has 8 nitrogen and oxygen atoms in total. The van der Waals surface area contributed by atoms with Crippen molar-refractivity contribution in [3.63, 3.8) is 0 Å². The Kier molecular flexibility index (Phi) is 6.81. The van der Waals surface area contributed by atoms with Gasteiger partial charge in [-0.05, 0) is 81.8 Å². The van der Waals surface area contributed by atoms with E-state index in [0.717, 1.165) is 36.9 Å². The van der Waals surface area contributed by atoms with E-state index in [1.165, 1.54) is 6.20 Å². The van der Waals surface area contributed by atoms with Crippen LogP contribution in [-0.2, 0) is 6.54 Å². The van der Waals surface area contributed by atoms with Crippen LogP contribution < -0.4 is 11.0 Å². The SMILES string of the molecule is Cc1ccc(-n2c(=O)n(C[C@H]3CC[C@H](NC(=O)c4cc(Cl)cnc4C)CC3)c3ccc(C#N)cc32)cn1. The summed E-state index contributed by atoms with van der Waals surface area (Å²) in [5, 5.41) is 13.0. The number of carbonyl (C=O) groups is 1. The molecule has 0 aliphatic heterocycles. The van der Waals surface area contributed by atoms with Gasteiger partial charge < -0.3 is 5.32 Å². The van der Waals surface area contributed by atoms with Gasteiger partial charge in [-0.25, -0.2) is 4.79 Å². The lowest BCUT2D eigenvalue weighted by molar-refractivity contribution is 0.0919. The van der Waals surface area contributed by atoms with Gasteiger partial charge in [0.2, 0.25) is 0 Å². The van der Waals surface area contributed by atoms with Gasteiger partial charge in [0.25, 0.3) is 5.91 Å². The number of fused-ring (bicyclic) bond motifs is 1. The van der Waals surface area contributed by atoms with Crippen LogP contribution in [0.15, 0.2) is 53.6 Å². The Morgan fingerprint density at radius 1 is 1.08 bits per heavy atom. The summed E-state index contributed by atoms with van der Waals surface area (Å²) in [6, 6.07) is 13.0. The molecule has 9 heteroatoms. The molecule has 3 aromatic heterocycles. The fraction of sp³-hybridized carbons (Fsp3) is 0.321. The number of pyridine rings is 2. The standard InChI is InChI=1S/C28H27ClN6O2/c1-17-3-9-23(15-31-17)35-26-11-20(13-30)6-10-25(26)34(28(35)37)16-19-4-7-22(8-5-19)33-27(36)24-12-21(29)14-32-18(24)2/h3,6,9-12,14-15,19,22H,4-5,7-8,16H2,1-2H3,(H,33,36)/t19-,22-. The number of amides is 1. The number of hydrogen-bond acceptors (Lipinski definition) is 5. The van der Waals surface area contributed by atoms with Crippen molar-refractivity contribution >= 4 is 28.5 Å². The minimum absolute atomic E-state index is 0.0667. The molecular formula is C28H27ClN6O2. The van der Waals surface area contributed by atoms with E-state index >= 15 is 0 Å². The van der Waals surface area contributed by atoms with Gasteiger partial charge in [-0.2, -0.15) is 5.26 Å². The largest absolute Gasteiger partial charge is 0.349 e. The van der Waals surface area contributed by atoms with Crippen LogP contribution in [0.2, 0.25) is 5.02 Å². The number of halogens is 1. The van der Waals surface area contributed by atoms with Crippen molar-refractivity contribution in [2.45, 2.75) is 52.1 Å². The molecule has 1 fully saturated rings. The van der Waals surface area contributed by atoms with Crippen molar-refractivity contribution in [2.75, 3.05) is 0 Å². The second-order valence-electron chi connectivity index (χ2n) is 9.68. The normalized spacial score (nSPS) is 17.5. The summed E-state index contributed by atoms with van der Waals surface area (Å²) in [5.41, 5.74) is 4.53. The highest BCUT2D eigenvalue weighted by atomic mass is 35.5. The summed E-state index contributed by atoms with van der Waals surface area (Å²) in [7, 11) is 0.